The topological polar surface area (TPSA) is 41.6 Å². The van der Waals surface area contributed by atoms with Crippen molar-refractivity contribution in [1.82, 2.24) is 10.2 Å². The number of carbonyl (C=O) groups excluding carboxylic acids is 1. The van der Waals surface area contributed by atoms with E-state index in [0.29, 0.717) is 36.3 Å². The Morgan fingerprint density at radius 3 is 2.72 bits per heavy atom. The molecule has 0 spiro atoms. The molecule has 2 aromatic rings. The molecule has 1 unspecified atom stereocenters. The summed E-state index contributed by atoms with van der Waals surface area (Å²) in [6, 6.07) is 15.1. The van der Waals surface area contributed by atoms with Crippen LogP contribution in [0, 0.1) is 0 Å². The van der Waals surface area contributed by atoms with Crippen LogP contribution in [0.2, 0.25) is 10.0 Å². The van der Waals surface area contributed by atoms with Crippen molar-refractivity contribution in [2.24, 2.45) is 0 Å². The summed E-state index contributed by atoms with van der Waals surface area (Å²) in [5.74, 6) is -0.00303. The fraction of sp³-hybridized carbons (Fsp3) is 0.316. The van der Waals surface area contributed by atoms with E-state index in [1.807, 2.05) is 48.5 Å². The van der Waals surface area contributed by atoms with Gasteiger partial charge in [0.25, 0.3) is 0 Å². The van der Waals surface area contributed by atoms with Gasteiger partial charge in [0, 0.05) is 29.7 Å². The van der Waals surface area contributed by atoms with Gasteiger partial charge in [0.15, 0.2) is 0 Å². The van der Waals surface area contributed by atoms with Crippen LogP contribution >= 0.6 is 23.2 Å². The molecule has 1 heterocycles. The van der Waals surface area contributed by atoms with Crippen molar-refractivity contribution in [2.45, 2.75) is 12.6 Å². The molecule has 1 N–H and O–H groups in total. The average molecular weight is 379 g/mol. The number of benzene rings is 2. The molecule has 0 saturated carbocycles. The minimum atomic E-state index is -0.0354. The molecular formula is C19H20Cl2N2O2. The first-order valence-corrected chi connectivity index (χ1v) is 8.96. The molecule has 1 saturated heterocycles. The highest BCUT2D eigenvalue weighted by Gasteiger charge is 2.23. The molecule has 3 rings (SSSR count). The predicted octanol–water partition coefficient (Wildman–Crippen LogP) is 3.68. The van der Waals surface area contributed by atoms with E-state index in [4.69, 9.17) is 27.9 Å². The first-order chi connectivity index (χ1) is 12.1. The van der Waals surface area contributed by atoms with E-state index in [0.717, 1.165) is 17.7 Å². The number of nitrogens with zero attached hydrogens (tertiary/aromatic N) is 1. The van der Waals surface area contributed by atoms with Crippen LogP contribution in [0.15, 0.2) is 48.5 Å². The Bertz CT molecular complexity index is 722. The highest BCUT2D eigenvalue weighted by Crippen LogP contribution is 2.23. The van der Waals surface area contributed by atoms with Crippen molar-refractivity contribution in [3.63, 3.8) is 0 Å². The minimum Gasteiger partial charge on any atom is -0.371 e. The third-order valence-corrected chi connectivity index (χ3v) is 4.63. The molecule has 1 fully saturated rings. The molecule has 1 atom stereocenters. The maximum absolute atomic E-state index is 12.2. The largest absolute Gasteiger partial charge is 0.371 e. The zero-order valence-corrected chi connectivity index (χ0v) is 15.3. The lowest BCUT2D eigenvalue weighted by Gasteiger charge is -2.32. The van der Waals surface area contributed by atoms with Gasteiger partial charge in [-0.2, -0.15) is 0 Å². The second-order valence-electron chi connectivity index (χ2n) is 6.05. The summed E-state index contributed by atoms with van der Waals surface area (Å²) in [7, 11) is 0. The lowest BCUT2D eigenvalue weighted by molar-refractivity contribution is -0.124. The Balaban J connectivity index is 1.50. The van der Waals surface area contributed by atoms with Gasteiger partial charge in [0.2, 0.25) is 5.91 Å². The number of nitrogens with one attached hydrogen (secondary N) is 1. The van der Waals surface area contributed by atoms with E-state index in [9.17, 15) is 4.79 Å². The monoisotopic (exact) mass is 378 g/mol. The maximum Gasteiger partial charge on any atom is 0.234 e. The molecule has 0 aromatic heterocycles. The van der Waals surface area contributed by atoms with Gasteiger partial charge in [-0.25, -0.2) is 0 Å². The third-order valence-electron chi connectivity index (χ3n) is 4.14. The van der Waals surface area contributed by atoms with E-state index in [2.05, 4.69) is 10.2 Å². The fourth-order valence-electron chi connectivity index (χ4n) is 2.83. The van der Waals surface area contributed by atoms with E-state index in [1.165, 1.54) is 0 Å². The molecule has 1 aliphatic rings. The van der Waals surface area contributed by atoms with Crippen molar-refractivity contribution in [3.8, 4) is 0 Å². The number of ether oxygens (including phenoxy) is 1. The second-order valence-corrected chi connectivity index (χ2v) is 6.93. The number of hydrogen-bond acceptors (Lipinski definition) is 3. The number of morpholine rings is 1. The predicted molar refractivity (Wildman–Crippen MR) is 99.9 cm³/mol. The van der Waals surface area contributed by atoms with E-state index < -0.39 is 0 Å². The lowest BCUT2D eigenvalue weighted by atomic mass is 10.1. The summed E-state index contributed by atoms with van der Waals surface area (Å²) in [6.45, 7) is 2.87. The lowest BCUT2D eigenvalue weighted by Crippen LogP contribution is -2.44. The summed E-state index contributed by atoms with van der Waals surface area (Å²) in [5.41, 5.74) is 2.07. The van der Waals surface area contributed by atoms with Gasteiger partial charge in [0.1, 0.15) is 0 Å². The quantitative estimate of drug-likeness (QED) is 0.862. The van der Waals surface area contributed by atoms with Gasteiger partial charge in [-0.1, -0.05) is 47.5 Å². The van der Waals surface area contributed by atoms with Crippen molar-refractivity contribution < 1.29 is 9.53 Å². The number of carbonyl (C=O) groups is 1. The number of amides is 1. The Labute approximate surface area is 157 Å². The highest BCUT2D eigenvalue weighted by atomic mass is 35.5. The van der Waals surface area contributed by atoms with Gasteiger partial charge in [-0.05, 0) is 35.4 Å². The van der Waals surface area contributed by atoms with Crippen LogP contribution in [0.4, 0.5) is 0 Å². The second kappa shape index (κ2) is 8.68. The van der Waals surface area contributed by atoms with Crippen LogP contribution in [0.25, 0.3) is 0 Å². The normalized spacial score (nSPS) is 18.1. The number of hydrogen-bond donors (Lipinski definition) is 1. The van der Waals surface area contributed by atoms with Crippen LogP contribution in [-0.4, -0.2) is 37.0 Å². The van der Waals surface area contributed by atoms with Crippen LogP contribution in [0.1, 0.15) is 17.2 Å². The first-order valence-electron chi connectivity index (χ1n) is 8.21. The molecular weight excluding hydrogens is 359 g/mol. The average Bonchev–Trinajstić information content (AvgIpc) is 2.61. The van der Waals surface area contributed by atoms with Crippen LogP contribution in [-0.2, 0) is 16.1 Å². The van der Waals surface area contributed by atoms with Gasteiger partial charge >= 0.3 is 0 Å². The summed E-state index contributed by atoms with van der Waals surface area (Å²) in [4.78, 5) is 14.3. The van der Waals surface area contributed by atoms with Crippen molar-refractivity contribution in [3.05, 3.63) is 69.7 Å². The molecule has 0 aliphatic carbocycles. The Morgan fingerprint density at radius 2 is 1.96 bits per heavy atom. The number of rotatable bonds is 5. The molecule has 1 aliphatic heterocycles. The first kappa shape index (κ1) is 18.2. The SMILES string of the molecule is O=C(CN1CCOC(c2ccc(Cl)cc2)C1)NCc1cccc(Cl)c1. The summed E-state index contributed by atoms with van der Waals surface area (Å²) in [5, 5.41) is 4.32. The van der Waals surface area contributed by atoms with Crippen molar-refractivity contribution in [1.29, 1.82) is 0 Å². The molecule has 132 valence electrons. The van der Waals surface area contributed by atoms with Gasteiger partial charge in [0.05, 0.1) is 19.3 Å². The van der Waals surface area contributed by atoms with E-state index >= 15 is 0 Å². The zero-order chi connectivity index (χ0) is 17.6. The van der Waals surface area contributed by atoms with Crippen molar-refractivity contribution >= 4 is 29.1 Å². The minimum absolute atomic E-state index is 0.00303. The summed E-state index contributed by atoms with van der Waals surface area (Å²) < 4.78 is 5.83. The maximum atomic E-state index is 12.2. The molecule has 6 heteroatoms. The molecule has 4 nitrogen and oxygen atoms in total. The fourth-order valence-corrected chi connectivity index (χ4v) is 3.17. The number of halogens is 2. The summed E-state index contributed by atoms with van der Waals surface area (Å²) >= 11 is 11.9. The molecule has 0 radical (unpaired) electrons. The van der Waals surface area contributed by atoms with Crippen LogP contribution < -0.4 is 5.32 Å². The zero-order valence-electron chi connectivity index (χ0n) is 13.8. The molecule has 25 heavy (non-hydrogen) atoms. The van der Waals surface area contributed by atoms with Gasteiger partial charge < -0.3 is 10.1 Å². The molecule has 1 amide bonds. The molecule has 2 aromatic carbocycles. The van der Waals surface area contributed by atoms with Crippen molar-refractivity contribution in [2.75, 3.05) is 26.2 Å². The smallest absolute Gasteiger partial charge is 0.234 e. The third kappa shape index (κ3) is 5.44. The van der Waals surface area contributed by atoms with Gasteiger partial charge in [-0.15, -0.1) is 0 Å². The Hall–Kier alpha value is -1.59. The van der Waals surface area contributed by atoms with E-state index in [1.54, 1.807) is 0 Å². The van der Waals surface area contributed by atoms with E-state index in [-0.39, 0.29) is 12.0 Å². The Kier molecular flexibility index (Phi) is 6.32. The summed E-state index contributed by atoms with van der Waals surface area (Å²) in [6.07, 6.45) is -0.0354. The van der Waals surface area contributed by atoms with Gasteiger partial charge in [-0.3, -0.25) is 9.69 Å². The van der Waals surface area contributed by atoms with Crippen LogP contribution in [0.3, 0.4) is 0 Å². The Morgan fingerprint density at radius 1 is 1.16 bits per heavy atom. The van der Waals surface area contributed by atoms with Crippen LogP contribution in [0.5, 0.6) is 0 Å². The molecule has 0 bridgehead atoms. The highest BCUT2D eigenvalue weighted by molar-refractivity contribution is 6.30. The standard InChI is InChI=1S/C19H20Cl2N2O2/c20-16-6-4-15(5-7-16)18-12-23(8-9-25-18)13-19(24)22-11-14-2-1-3-17(21)10-14/h1-7,10,18H,8-9,11-13H2,(H,22,24).